The summed E-state index contributed by atoms with van der Waals surface area (Å²) in [5.74, 6) is 1.01. The number of hydrogen-bond acceptors (Lipinski definition) is 5. The first-order valence-electron chi connectivity index (χ1n) is 6.93. The number of nitrogens with zero attached hydrogens (tertiary/aromatic N) is 3. The Kier molecular flexibility index (Phi) is 4.08. The number of para-hydroxylation sites is 1. The van der Waals surface area contributed by atoms with Crippen molar-refractivity contribution in [2.45, 2.75) is 12.5 Å². The molecule has 1 fully saturated rings. The number of fused-ring (bicyclic) bond motifs is 1. The van der Waals surface area contributed by atoms with Crippen LogP contribution in [0.3, 0.4) is 0 Å². The van der Waals surface area contributed by atoms with E-state index in [9.17, 15) is 0 Å². The van der Waals surface area contributed by atoms with Crippen LogP contribution in [-0.4, -0.2) is 49.5 Å². The maximum Gasteiger partial charge on any atom is 0.140 e. The van der Waals surface area contributed by atoms with Gasteiger partial charge in [-0.05, 0) is 18.6 Å². The van der Waals surface area contributed by atoms with Gasteiger partial charge in [0.05, 0.1) is 11.6 Å². The molecule has 5 heteroatoms. The monoisotopic (exact) mass is 273 g/mol. The first-order valence-corrected chi connectivity index (χ1v) is 6.93. The van der Waals surface area contributed by atoms with Crippen molar-refractivity contribution >= 4 is 16.7 Å². The normalized spacial score (nSPS) is 15.6. The van der Waals surface area contributed by atoms with E-state index >= 15 is 0 Å². The van der Waals surface area contributed by atoms with Crippen molar-refractivity contribution in [2.75, 3.05) is 38.3 Å². The van der Waals surface area contributed by atoms with Crippen molar-refractivity contribution in [1.82, 2.24) is 9.97 Å². The number of hydrogen-bond donors (Lipinski definition) is 0. The molecular formula is C15H19N3O2. The van der Waals surface area contributed by atoms with Crippen molar-refractivity contribution in [2.24, 2.45) is 0 Å². The highest BCUT2D eigenvalue weighted by Gasteiger charge is 2.29. The molecule has 1 aliphatic rings. The fourth-order valence-corrected chi connectivity index (χ4v) is 2.41. The fourth-order valence-electron chi connectivity index (χ4n) is 2.41. The van der Waals surface area contributed by atoms with Crippen molar-refractivity contribution in [3.05, 3.63) is 30.6 Å². The minimum atomic E-state index is 0.306. The molecule has 5 nitrogen and oxygen atoms in total. The zero-order valence-electron chi connectivity index (χ0n) is 11.7. The van der Waals surface area contributed by atoms with Crippen LogP contribution in [0.25, 0.3) is 10.9 Å². The average Bonchev–Trinajstić information content (AvgIpc) is 2.45. The lowest BCUT2D eigenvalue weighted by molar-refractivity contribution is 0.0231. The van der Waals surface area contributed by atoms with Gasteiger partial charge in [-0.2, -0.15) is 0 Å². The van der Waals surface area contributed by atoms with Gasteiger partial charge in [-0.25, -0.2) is 9.97 Å². The predicted molar refractivity (Wildman–Crippen MR) is 78.0 cm³/mol. The van der Waals surface area contributed by atoms with Gasteiger partial charge in [-0.3, -0.25) is 0 Å². The summed E-state index contributed by atoms with van der Waals surface area (Å²) in [6, 6.07) is 8.10. The van der Waals surface area contributed by atoms with Gasteiger partial charge in [0.25, 0.3) is 0 Å². The molecule has 2 heterocycles. The second kappa shape index (κ2) is 6.15. The van der Waals surface area contributed by atoms with E-state index in [1.54, 1.807) is 13.4 Å². The highest BCUT2D eigenvalue weighted by molar-refractivity contribution is 5.89. The van der Waals surface area contributed by atoms with Crippen molar-refractivity contribution in [3.63, 3.8) is 0 Å². The van der Waals surface area contributed by atoms with Gasteiger partial charge in [0.15, 0.2) is 0 Å². The summed E-state index contributed by atoms with van der Waals surface area (Å²) in [4.78, 5) is 10.9. The maximum absolute atomic E-state index is 5.78. The van der Waals surface area contributed by atoms with Crippen molar-refractivity contribution < 1.29 is 9.47 Å². The molecule has 0 amide bonds. The Balaban J connectivity index is 1.59. The van der Waals surface area contributed by atoms with Gasteiger partial charge in [0, 0.05) is 38.8 Å². The molecule has 0 N–H and O–H groups in total. The van der Waals surface area contributed by atoms with Crippen LogP contribution in [0.4, 0.5) is 5.82 Å². The number of ether oxygens (including phenoxy) is 2. The summed E-state index contributed by atoms with van der Waals surface area (Å²) in [6.45, 7) is 3.31. The molecule has 1 aromatic heterocycles. The topological polar surface area (TPSA) is 47.5 Å². The lowest BCUT2D eigenvalue weighted by Crippen LogP contribution is -2.52. The highest BCUT2D eigenvalue weighted by atomic mass is 16.5. The summed E-state index contributed by atoms with van der Waals surface area (Å²) >= 11 is 0. The van der Waals surface area contributed by atoms with E-state index in [4.69, 9.17) is 9.47 Å². The zero-order chi connectivity index (χ0) is 13.8. The summed E-state index contributed by atoms with van der Waals surface area (Å²) in [6.07, 6.45) is 2.88. The van der Waals surface area contributed by atoms with Crippen molar-refractivity contribution in [3.8, 4) is 0 Å². The number of methoxy groups -OCH3 is 1. The highest BCUT2D eigenvalue weighted by Crippen LogP contribution is 2.27. The summed E-state index contributed by atoms with van der Waals surface area (Å²) in [7, 11) is 1.71. The average molecular weight is 273 g/mol. The predicted octanol–water partition coefficient (Wildman–Crippen LogP) is 1.87. The fraction of sp³-hybridized carbons (Fsp3) is 0.467. The van der Waals surface area contributed by atoms with Gasteiger partial charge >= 0.3 is 0 Å². The Hall–Kier alpha value is -1.72. The van der Waals surface area contributed by atoms with E-state index in [1.165, 1.54) is 0 Å². The van der Waals surface area contributed by atoms with Gasteiger partial charge < -0.3 is 14.4 Å². The molecule has 1 saturated heterocycles. The van der Waals surface area contributed by atoms with Crippen LogP contribution >= 0.6 is 0 Å². The van der Waals surface area contributed by atoms with Crippen LogP contribution in [0.15, 0.2) is 30.6 Å². The van der Waals surface area contributed by atoms with E-state index in [0.29, 0.717) is 6.10 Å². The van der Waals surface area contributed by atoms with E-state index in [2.05, 4.69) is 20.9 Å². The van der Waals surface area contributed by atoms with Gasteiger partial charge in [-0.15, -0.1) is 0 Å². The number of aromatic nitrogens is 2. The molecule has 0 saturated carbocycles. The molecule has 0 radical (unpaired) electrons. The lowest BCUT2D eigenvalue weighted by atomic mass is 10.1. The Bertz CT molecular complexity index is 565. The molecule has 3 rings (SSSR count). The standard InChI is InChI=1S/C15H19N3O2/c1-19-7-4-8-20-12-9-18(10-12)15-13-5-2-3-6-14(13)16-11-17-15/h2-3,5-6,11-12H,4,7-10H2,1H3. The van der Waals surface area contributed by atoms with E-state index < -0.39 is 0 Å². The number of anilines is 1. The third-order valence-electron chi connectivity index (χ3n) is 3.52. The minimum absolute atomic E-state index is 0.306. The molecule has 0 bridgehead atoms. The summed E-state index contributed by atoms with van der Waals surface area (Å²) in [5, 5.41) is 1.10. The van der Waals surface area contributed by atoms with Crippen LogP contribution in [0, 0.1) is 0 Å². The molecule has 0 spiro atoms. The van der Waals surface area contributed by atoms with Crippen LogP contribution in [0.5, 0.6) is 0 Å². The number of rotatable bonds is 6. The SMILES string of the molecule is COCCCOC1CN(c2ncnc3ccccc23)C1. The first-order chi connectivity index (χ1) is 9.88. The van der Waals surface area contributed by atoms with E-state index in [1.807, 2.05) is 18.2 Å². The number of benzene rings is 1. The second-order valence-electron chi connectivity index (χ2n) is 4.96. The second-order valence-corrected chi connectivity index (χ2v) is 4.96. The van der Waals surface area contributed by atoms with E-state index in [0.717, 1.165) is 49.4 Å². The smallest absolute Gasteiger partial charge is 0.140 e. The van der Waals surface area contributed by atoms with Gasteiger partial charge in [-0.1, -0.05) is 12.1 Å². The molecule has 0 atom stereocenters. The van der Waals surface area contributed by atoms with Crippen LogP contribution in [-0.2, 0) is 9.47 Å². The summed E-state index contributed by atoms with van der Waals surface area (Å²) in [5.41, 5.74) is 0.988. The molecular weight excluding hydrogens is 254 g/mol. The van der Waals surface area contributed by atoms with Crippen LogP contribution in [0.1, 0.15) is 6.42 Å². The molecule has 20 heavy (non-hydrogen) atoms. The Morgan fingerprint density at radius 2 is 2.05 bits per heavy atom. The Morgan fingerprint density at radius 1 is 1.20 bits per heavy atom. The van der Waals surface area contributed by atoms with Gasteiger partial charge in [0.2, 0.25) is 0 Å². The van der Waals surface area contributed by atoms with Gasteiger partial charge in [0.1, 0.15) is 12.1 Å². The first kappa shape index (κ1) is 13.3. The molecule has 0 aliphatic carbocycles. The van der Waals surface area contributed by atoms with Crippen molar-refractivity contribution in [1.29, 1.82) is 0 Å². The molecule has 0 unspecified atom stereocenters. The molecule has 1 aromatic carbocycles. The Labute approximate surface area is 118 Å². The third kappa shape index (κ3) is 2.73. The third-order valence-corrected chi connectivity index (χ3v) is 3.52. The minimum Gasteiger partial charge on any atom is -0.385 e. The van der Waals surface area contributed by atoms with E-state index in [-0.39, 0.29) is 0 Å². The maximum atomic E-state index is 5.78. The molecule has 106 valence electrons. The summed E-state index contributed by atoms with van der Waals surface area (Å²) < 4.78 is 10.8. The lowest BCUT2D eigenvalue weighted by Gasteiger charge is -2.40. The largest absolute Gasteiger partial charge is 0.385 e. The zero-order valence-corrected chi connectivity index (χ0v) is 11.7. The molecule has 1 aliphatic heterocycles. The quantitative estimate of drug-likeness (QED) is 0.752. The van der Waals surface area contributed by atoms with Crippen LogP contribution in [0.2, 0.25) is 0 Å². The Morgan fingerprint density at radius 3 is 2.90 bits per heavy atom. The molecule has 2 aromatic rings. The van der Waals surface area contributed by atoms with Crippen LogP contribution < -0.4 is 4.90 Å².